The first-order chi connectivity index (χ1) is 10.9. The lowest BCUT2D eigenvalue weighted by Gasteiger charge is -2.40. The van der Waals surface area contributed by atoms with Crippen molar-refractivity contribution in [1.82, 2.24) is 0 Å². The van der Waals surface area contributed by atoms with Gasteiger partial charge in [-0.15, -0.1) is 0 Å². The molecule has 0 aliphatic heterocycles. The van der Waals surface area contributed by atoms with Gasteiger partial charge in [-0.05, 0) is 18.9 Å². The van der Waals surface area contributed by atoms with E-state index in [1.807, 2.05) is 0 Å². The molecule has 0 spiro atoms. The minimum Gasteiger partial charge on any atom is -0.373 e. The minimum atomic E-state index is -0.622. The van der Waals surface area contributed by atoms with E-state index in [0.29, 0.717) is 12.2 Å². The largest absolute Gasteiger partial charge is 0.373 e. The van der Waals surface area contributed by atoms with Crippen LogP contribution in [0.2, 0.25) is 0 Å². The lowest BCUT2D eigenvalue weighted by atomic mass is 9.80. The van der Waals surface area contributed by atoms with Crippen LogP contribution in [0.15, 0.2) is 18.2 Å². The molecule has 1 saturated carbocycles. The van der Waals surface area contributed by atoms with E-state index < -0.39 is 9.85 Å². The normalized spacial score (nSPS) is 17.0. The molecule has 0 bridgehead atoms. The van der Waals surface area contributed by atoms with Crippen molar-refractivity contribution < 1.29 is 14.7 Å². The fourth-order valence-corrected chi connectivity index (χ4v) is 3.28. The molecule has 8 nitrogen and oxygen atoms in total. The van der Waals surface area contributed by atoms with Gasteiger partial charge in [0.2, 0.25) is 0 Å². The van der Waals surface area contributed by atoms with Crippen molar-refractivity contribution in [3.63, 3.8) is 0 Å². The Bertz CT molecular complexity index is 597. The molecule has 0 unspecified atom stereocenters. The molecule has 1 aromatic carbocycles. The zero-order valence-electron chi connectivity index (χ0n) is 13.5. The zero-order valence-corrected chi connectivity index (χ0v) is 13.5. The Morgan fingerprint density at radius 3 is 2.30 bits per heavy atom. The van der Waals surface area contributed by atoms with E-state index in [9.17, 15) is 20.2 Å². The maximum absolute atomic E-state index is 11.2. The Balaban J connectivity index is 2.22. The van der Waals surface area contributed by atoms with Crippen LogP contribution in [0.4, 0.5) is 17.1 Å². The highest BCUT2D eigenvalue weighted by atomic mass is 16.6. The predicted octanol–water partition coefficient (Wildman–Crippen LogP) is 1.76. The number of non-ortho nitro benzene ring substituents is 1. The molecule has 2 rings (SSSR count). The summed E-state index contributed by atoms with van der Waals surface area (Å²) in [5.74, 6) is 0. The number of rotatable bonds is 6. The highest BCUT2D eigenvalue weighted by molar-refractivity contribution is 5.65. The molecule has 1 aliphatic rings. The quantitative estimate of drug-likeness (QED) is 0.613. The number of nitro groups is 2. The van der Waals surface area contributed by atoms with Crippen LogP contribution < -0.4 is 10.2 Å². The van der Waals surface area contributed by atoms with Crippen LogP contribution in [0, 0.1) is 20.2 Å². The zero-order chi connectivity index (χ0) is 17.0. The van der Waals surface area contributed by atoms with Crippen molar-refractivity contribution >= 4 is 17.1 Å². The van der Waals surface area contributed by atoms with Crippen molar-refractivity contribution in [1.29, 1.82) is 0 Å². The van der Waals surface area contributed by atoms with E-state index >= 15 is 0 Å². The van der Waals surface area contributed by atoms with E-state index in [4.69, 9.17) is 0 Å². The van der Waals surface area contributed by atoms with Gasteiger partial charge in [0.15, 0.2) is 0 Å². The number of quaternary nitrogens is 1. The predicted molar refractivity (Wildman–Crippen MR) is 86.9 cm³/mol. The highest BCUT2D eigenvalue weighted by Crippen LogP contribution is 2.31. The maximum atomic E-state index is 11.2. The second-order valence-corrected chi connectivity index (χ2v) is 6.41. The summed E-state index contributed by atoms with van der Waals surface area (Å²) in [5.41, 5.74) is -0.132. The molecular weight excluding hydrogens is 300 g/mol. The second kappa shape index (κ2) is 6.91. The number of hydrogen-bond acceptors (Lipinski definition) is 5. The summed E-state index contributed by atoms with van der Waals surface area (Å²) in [5, 5.41) is 25.2. The van der Waals surface area contributed by atoms with Crippen LogP contribution in [-0.2, 0) is 0 Å². The molecule has 2 N–H and O–H groups in total. The lowest BCUT2D eigenvalue weighted by molar-refractivity contribution is -0.915. The molecule has 0 saturated heterocycles. The first-order valence-electron chi connectivity index (χ1n) is 7.83. The third-order valence-corrected chi connectivity index (χ3v) is 4.88. The van der Waals surface area contributed by atoms with E-state index in [0.717, 1.165) is 31.7 Å². The number of nitrogens with one attached hydrogen (secondary N) is 2. The topological polar surface area (TPSA) is 103 Å². The Kier molecular flexibility index (Phi) is 5.15. The molecule has 126 valence electrons. The Hall–Kier alpha value is -2.22. The van der Waals surface area contributed by atoms with Gasteiger partial charge in [-0.25, -0.2) is 0 Å². The number of likely N-dealkylation sites (N-methyl/N-ethyl adjacent to an activating group) is 1. The van der Waals surface area contributed by atoms with E-state index in [1.165, 1.54) is 23.5 Å². The molecule has 1 aromatic rings. The van der Waals surface area contributed by atoms with E-state index in [2.05, 4.69) is 19.4 Å². The summed E-state index contributed by atoms with van der Waals surface area (Å²) < 4.78 is 0. The molecule has 0 radical (unpaired) electrons. The first kappa shape index (κ1) is 17.1. The van der Waals surface area contributed by atoms with Crippen LogP contribution in [0.25, 0.3) is 0 Å². The lowest BCUT2D eigenvalue weighted by Crippen LogP contribution is -3.16. The van der Waals surface area contributed by atoms with Gasteiger partial charge in [-0.2, -0.15) is 0 Å². The molecule has 1 fully saturated rings. The molecule has 1 aliphatic carbocycles. The smallest absolute Gasteiger partial charge is 0.299 e. The number of hydrogen-bond donors (Lipinski definition) is 2. The SMILES string of the molecule is C[NH+](C)C1(CNc2ccc([N+](=O)[O-])cc2[N+](=O)[O-])CCCCC1. The van der Waals surface area contributed by atoms with Crippen LogP contribution >= 0.6 is 0 Å². The monoisotopic (exact) mass is 323 g/mol. The number of nitro benzene ring substituents is 2. The average molecular weight is 323 g/mol. The molecule has 0 amide bonds. The van der Waals surface area contributed by atoms with Gasteiger partial charge in [0.25, 0.3) is 11.4 Å². The number of benzene rings is 1. The van der Waals surface area contributed by atoms with Crippen molar-refractivity contribution in [3.05, 3.63) is 38.4 Å². The second-order valence-electron chi connectivity index (χ2n) is 6.41. The van der Waals surface area contributed by atoms with E-state index in [-0.39, 0.29) is 16.9 Å². The molecule has 0 aromatic heterocycles. The Labute approximate surface area is 134 Å². The summed E-state index contributed by atoms with van der Waals surface area (Å²) >= 11 is 0. The fraction of sp³-hybridized carbons (Fsp3) is 0.600. The number of nitrogens with zero attached hydrogens (tertiary/aromatic N) is 2. The van der Waals surface area contributed by atoms with Crippen LogP contribution in [0.3, 0.4) is 0 Å². The highest BCUT2D eigenvalue weighted by Gasteiger charge is 2.38. The van der Waals surface area contributed by atoms with Gasteiger partial charge in [0.05, 0.1) is 36.6 Å². The molecule has 8 heteroatoms. The summed E-state index contributed by atoms with van der Waals surface area (Å²) in [6.07, 6.45) is 5.70. The number of anilines is 1. The Morgan fingerprint density at radius 2 is 1.78 bits per heavy atom. The van der Waals surface area contributed by atoms with Crippen LogP contribution in [0.1, 0.15) is 32.1 Å². The minimum absolute atomic E-state index is 0.0495. The van der Waals surface area contributed by atoms with Crippen molar-refractivity contribution in [2.75, 3.05) is 26.0 Å². The van der Waals surface area contributed by atoms with Gasteiger partial charge in [-0.3, -0.25) is 20.2 Å². The summed E-state index contributed by atoms with van der Waals surface area (Å²) in [7, 11) is 4.22. The van der Waals surface area contributed by atoms with Gasteiger partial charge in [0.1, 0.15) is 11.2 Å². The van der Waals surface area contributed by atoms with Gasteiger partial charge in [-0.1, -0.05) is 6.42 Å². The van der Waals surface area contributed by atoms with E-state index in [1.54, 1.807) is 0 Å². The average Bonchev–Trinajstić information content (AvgIpc) is 2.53. The standard InChI is InChI=1S/C15H22N4O4/c1-17(2)15(8-4-3-5-9-15)11-16-13-7-6-12(18(20)21)10-14(13)19(22)23/h6-7,10,16H,3-5,8-9,11H2,1-2H3/p+1. The van der Waals surface area contributed by atoms with Crippen molar-refractivity contribution in [2.45, 2.75) is 37.6 Å². The summed E-state index contributed by atoms with van der Waals surface area (Å²) in [6.45, 7) is 0.619. The van der Waals surface area contributed by atoms with Gasteiger partial charge >= 0.3 is 0 Å². The Morgan fingerprint density at radius 1 is 1.13 bits per heavy atom. The maximum Gasteiger partial charge on any atom is 0.299 e. The fourth-order valence-electron chi connectivity index (χ4n) is 3.28. The molecule has 23 heavy (non-hydrogen) atoms. The molecule has 0 heterocycles. The van der Waals surface area contributed by atoms with Crippen molar-refractivity contribution in [3.8, 4) is 0 Å². The van der Waals surface area contributed by atoms with Gasteiger partial charge < -0.3 is 10.2 Å². The summed E-state index contributed by atoms with van der Waals surface area (Å²) in [6, 6.07) is 3.74. The van der Waals surface area contributed by atoms with Crippen molar-refractivity contribution in [2.24, 2.45) is 0 Å². The van der Waals surface area contributed by atoms with Gasteiger partial charge in [0, 0.05) is 18.9 Å². The molecular formula is C15H23N4O4+. The van der Waals surface area contributed by atoms with Crippen LogP contribution in [-0.4, -0.2) is 36.0 Å². The van der Waals surface area contributed by atoms with Crippen LogP contribution in [0.5, 0.6) is 0 Å². The third-order valence-electron chi connectivity index (χ3n) is 4.88. The third kappa shape index (κ3) is 3.76. The first-order valence-corrected chi connectivity index (χ1v) is 7.83. The molecule has 0 atom stereocenters. The summed E-state index contributed by atoms with van der Waals surface area (Å²) in [4.78, 5) is 22.1.